The van der Waals surface area contributed by atoms with Gasteiger partial charge in [-0.05, 0) is 44.1 Å². The second-order valence-electron chi connectivity index (χ2n) is 6.13. The Hall–Kier alpha value is -1.06. The van der Waals surface area contributed by atoms with E-state index in [2.05, 4.69) is 48.5 Å². The number of methoxy groups -OCH3 is 1. The molecule has 0 radical (unpaired) electrons. The second kappa shape index (κ2) is 8.40. The van der Waals surface area contributed by atoms with E-state index in [1.165, 1.54) is 37.7 Å². The fourth-order valence-corrected chi connectivity index (χ4v) is 3.45. The van der Waals surface area contributed by atoms with Crippen molar-refractivity contribution >= 4 is 0 Å². The van der Waals surface area contributed by atoms with Crippen molar-refractivity contribution in [1.82, 2.24) is 10.2 Å². The van der Waals surface area contributed by atoms with Crippen LogP contribution in [0.2, 0.25) is 0 Å². The molecule has 0 bridgehead atoms. The van der Waals surface area contributed by atoms with Gasteiger partial charge in [0, 0.05) is 18.6 Å². The lowest BCUT2D eigenvalue weighted by Gasteiger charge is -2.34. The van der Waals surface area contributed by atoms with Gasteiger partial charge in [-0.15, -0.1) is 0 Å². The molecule has 118 valence electrons. The van der Waals surface area contributed by atoms with Crippen LogP contribution < -0.4 is 10.1 Å². The van der Waals surface area contributed by atoms with Gasteiger partial charge in [-0.25, -0.2) is 0 Å². The van der Waals surface area contributed by atoms with Gasteiger partial charge in [0.1, 0.15) is 5.75 Å². The summed E-state index contributed by atoms with van der Waals surface area (Å²) < 4.78 is 5.23. The Balaban J connectivity index is 1.99. The summed E-state index contributed by atoms with van der Waals surface area (Å²) in [4.78, 5) is 2.53. The van der Waals surface area contributed by atoms with Crippen molar-refractivity contribution < 1.29 is 4.74 Å². The van der Waals surface area contributed by atoms with E-state index < -0.39 is 0 Å². The molecule has 1 saturated carbocycles. The number of rotatable bonds is 6. The van der Waals surface area contributed by atoms with Gasteiger partial charge in [-0.3, -0.25) is 4.90 Å². The van der Waals surface area contributed by atoms with Crippen LogP contribution in [0.15, 0.2) is 24.3 Å². The number of benzene rings is 1. The smallest absolute Gasteiger partial charge is 0.118 e. The van der Waals surface area contributed by atoms with Gasteiger partial charge in [0.2, 0.25) is 0 Å². The Labute approximate surface area is 129 Å². The molecule has 0 aliphatic heterocycles. The molecule has 2 unspecified atom stereocenters. The number of likely N-dealkylation sites (N-methyl/N-ethyl adjacent to an activating group) is 2. The number of ether oxygens (including phenoxy) is 1. The number of nitrogens with zero attached hydrogens (tertiary/aromatic N) is 1. The molecule has 0 amide bonds. The van der Waals surface area contributed by atoms with Crippen molar-refractivity contribution in [2.45, 2.75) is 57.7 Å². The standard InChI is InChI=1S/C18H30N2O/c1-4-19-17-8-6-5-7-9-18(17)20(2)14-15-10-12-16(21-3)13-11-15/h10-13,17-19H,4-9,14H2,1-3H3. The summed E-state index contributed by atoms with van der Waals surface area (Å²) in [5.41, 5.74) is 1.36. The van der Waals surface area contributed by atoms with Crippen molar-refractivity contribution in [2.24, 2.45) is 0 Å². The molecule has 3 nitrogen and oxygen atoms in total. The Kier molecular flexibility index (Phi) is 6.52. The maximum atomic E-state index is 5.23. The van der Waals surface area contributed by atoms with E-state index in [0.29, 0.717) is 12.1 Å². The summed E-state index contributed by atoms with van der Waals surface area (Å²) in [5.74, 6) is 0.932. The third-order valence-corrected chi connectivity index (χ3v) is 4.60. The van der Waals surface area contributed by atoms with Crippen LogP contribution in [0, 0.1) is 0 Å². The van der Waals surface area contributed by atoms with Gasteiger partial charge in [0.15, 0.2) is 0 Å². The number of nitrogens with one attached hydrogen (secondary N) is 1. The zero-order chi connectivity index (χ0) is 15.1. The SMILES string of the molecule is CCNC1CCCCCC1N(C)Cc1ccc(OC)cc1. The van der Waals surface area contributed by atoms with Crippen LogP contribution in [0.25, 0.3) is 0 Å². The molecular weight excluding hydrogens is 260 g/mol. The maximum absolute atomic E-state index is 5.23. The van der Waals surface area contributed by atoms with Crippen LogP contribution in [-0.2, 0) is 6.54 Å². The van der Waals surface area contributed by atoms with E-state index in [4.69, 9.17) is 4.74 Å². The maximum Gasteiger partial charge on any atom is 0.118 e. The third kappa shape index (κ3) is 4.72. The van der Waals surface area contributed by atoms with Crippen LogP contribution in [0.5, 0.6) is 5.75 Å². The second-order valence-corrected chi connectivity index (χ2v) is 6.13. The summed E-state index contributed by atoms with van der Waals surface area (Å²) in [7, 11) is 3.98. The first-order chi connectivity index (χ1) is 10.2. The van der Waals surface area contributed by atoms with Crippen LogP contribution >= 0.6 is 0 Å². The van der Waals surface area contributed by atoms with Crippen molar-refractivity contribution in [1.29, 1.82) is 0 Å². The molecule has 1 aliphatic rings. The van der Waals surface area contributed by atoms with E-state index in [0.717, 1.165) is 18.8 Å². The van der Waals surface area contributed by atoms with Gasteiger partial charge in [-0.1, -0.05) is 38.3 Å². The molecule has 1 N–H and O–H groups in total. The highest BCUT2D eigenvalue weighted by Crippen LogP contribution is 2.23. The first-order valence-corrected chi connectivity index (χ1v) is 8.31. The topological polar surface area (TPSA) is 24.5 Å². The van der Waals surface area contributed by atoms with E-state index in [1.54, 1.807) is 7.11 Å². The Morgan fingerprint density at radius 1 is 1.14 bits per heavy atom. The molecule has 1 aliphatic carbocycles. The zero-order valence-corrected chi connectivity index (χ0v) is 13.8. The average Bonchev–Trinajstić information content (AvgIpc) is 2.74. The highest BCUT2D eigenvalue weighted by Gasteiger charge is 2.26. The monoisotopic (exact) mass is 290 g/mol. The van der Waals surface area contributed by atoms with Gasteiger partial charge in [0.05, 0.1) is 7.11 Å². The molecule has 21 heavy (non-hydrogen) atoms. The van der Waals surface area contributed by atoms with E-state index in [-0.39, 0.29) is 0 Å². The largest absolute Gasteiger partial charge is 0.497 e. The van der Waals surface area contributed by atoms with E-state index >= 15 is 0 Å². The predicted octanol–water partition coefficient (Wildman–Crippen LogP) is 3.44. The molecule has 1 aromatic rings. The quantitative estimate of drug-likeness (QED) is 0.812. The summed E-state index contributed by atoms with van der Waals surface area (Å²) in [6.45, 7) is 4.29. The third-order valence-electron chi connectivity index (χ3n) is 4.60. The minimum atomic E-state index is 0.640. The van der Waals surface area contributed by atoms with Gasteiger partial charge in [0.25, 0.3) is 0 Å². The van der Waals surface area contributed by atoms with Crippen LogP contribution in [-0.4, -0.2) is 37.7 Å². The molecular formula is C18H30N2O. The minimum absolute atomic E-state index is 0.640. The number of hydrogen-bond acceptors (Lipinski definition) is 3. The molecule has 3 heteroatoms. The summed E-state index contributed by atoms with van der Waals surface area (Å²) >= 11 is 0. The van der Waals surface area contributed by atoms with Crippen molar-refractivity contribution in [3.8, 4) is 5.75 Å². The molecule has 0 saturated heterocycles. The lowest BCUT2D eigenvalue weighted by Crippen LogP contribution is -2.47. The summed E-state index contributed by atoms with van der Waals surface area (Å²) in [6, 6.07) is 9.74. The zero-order valence-electron chi connectivity index (χ0n) is 13.8. The van der Waals surface area contributed by atoms with Crippen molar-refractivity contribution in [3.63, 3.8) is 0 Å². The lowest BCUT2D eigenvalue weighted by atomic mass is 10.0. The van der Waals surface area contributed by atoms with Crippen LogP contribution in [0.4, 0.5) is 0 Å². The van der Waals surface area contributed by atoms with Gasteiger partial charge >= 0.3 is 0 Å². The summed E-state index contributed by atoms with van der Waals surface area (Å²) in [6.07, 6.45) is 6.73. The average molecular weight is 290 g/mol. The number of hydrogen-bond donors (Lipinski definition) is 1. The van der Waals surface area contributed by atoms with Gasteiger partial charge in [-0.2, -0.15) is 0 Å². The predicted molar refractivity (Wildman–Crippen MR) is 88.8 cm³/mol. The fourth-order valence-electron chi connectivity index (χ4n) is 3.45. The highest BCUT2D eigenvalue weighted by atomic mass is 16.5. The first kappa shape index (κ1) is 16.3. The fraction of sp³-hybridized carbons (Fsp3) is 0.667. The first-order valence-electron chi connectivity index (χ1n) is 8.31. The molecule has 2 rings (SSSR count). The van der Waals surface area contributed by atoms with Crippen molar-refractivity contribution in [2.75, 3.05) is 20.7 Å². The molecule has 1 fully saturated rings. The molecule has 0 heterocycles. The Morgan fingerprint density at radius 2 is 1.86 bits per heavy atom. The minimum Gasteiger partial charge on any atom is -0.497 e. The molecule has 0 spiro atoms. The highest BCUT2D eigenvalue weighted by molar-refractivity contribution is 5.27. The normalized spacial score (nSPS) is 23.0. The van der Waals surface area contributed by atoms with Crippen LogP contribution in [0.1, 0.15) is 44.6 Å². The molecule has 0 aromatic heterocycles. The van der Waals surface area contributed by atoms with E-state index in [9.17, 15) is 0 Å². The van der Waals surface area contributed by atoms with E-state index in [1.807, 2.05) is 0 Å². The van der Waals surface area contributed by atoms with Gasteiger partial charge < -0.3 is 10.1 Å². The summed E-state index contributed by atoms with van der Waals surface area (Å²) in [5, 5.41) is 3.70. The Morgan fingerprint density at radius 3 is 2.52 bits per heavy atom. The van der Waals surface area contributed by atoms with Crippen molar-refractivity contribution in [3.05, 3.63) is 29.8 Å². The molecule has 2 atom stereocenters. The van der Waals surface area contributed by atoms with Crippen LogP contribution in [0.3, 0.4) is 0 Å². The molecule has 1 aromatic carbocycles. The Bertz CT molecular complexity index is 404. The lowest BCUT2D eigenvalue weighted by molar-refractivity contribution is 0.175.